The standard InChI is InChI=1S/C16H20N2O4S/c1-14-5-7-15(8-6-14)23(19,20)22-12-4-2-3-11-21-16-13-17-9-10-18-16/h5-10,13H,2-4,11-12H2,1H3. The summed E-state index contributed by atoms with van der Waals surface area (Å²) in [5.74, 6) is 0.491. The van der Waals surface area contributed by atoms with E-state index >= 15 is 0 Å². The molecule has 6 nitrogen and oxygen atoms in total. The number of unbranched alkanes of at least 4 members (excludes halogenated alkanes) is 2. The highest BCUT2D eigenvalue weighted by Gasteiger charge is 2.14. The van der Waals surface area contributed by atoms with Crippen molar-refractivity contribution in [2.45, 2.75) is 31.1 Å². The lowest BCUT2D eigenvalue weighted by Gasteiger charge is -2.06. The molecular formula is C16H20N2O4S. The molecule has 0 saturated heterocycles. The van der Waals surface area contributed by atoms with Crippen LogP contribution in [0.25, 0.3) is 0 Å². The van der Waals surface area contributed by atoms with Crippen LogP contribution in [0, 0.1) is 6.92 Å². The van der Waals surface area contributed by atoms with E-state index in [-0.39, 0.29) is 11.5 Å². The third-order valence-electron chi connectivity index (χ3n) is 3.13. The maximum atomic E-state index is 12.0. The molecule has 0 aliphatic heterocycles. The van der Waals surface area contributed by atoms with Crippen molar-refractivity contribution < 1.29 is 17.3 Å². The molecule has 0 bridgehead atoms. The zero-order valence-corrected chi connectivity index (χ0v) is 13.8. The molecule has 1 aromatic carbocycles. The van der Waals surface area contributed by atoms with E-state index in [1.165, 1.54) is 0 Å². The first-order chi connectivity index (χ1) is 11.1. The van der Waals surface area contributed by atoms with Crippen LogP contribution in [0.4, 0.5) is 0 Å². The fourth-order valence-corrected chi connectivity index (χ4v) is 2.80. The third-order valence-corrected chi connectivity index (χ3v) is 4.45. The molecule has 0 N–H and O–H groups in total. The Bertz CT molecular complexity index is 688. The zero-order chi connectivity index (χ0) is 16.5. The number of rotatable bonds is 9. The van der Waals surface area contributed by atoms with E-state index in [0.717, 1.165) is 18.4 Å². The lowest BCUT2D eigenvalue weighted by Crippen LogP contribution is -2.08. The molecule has 0 aliphatic carbocycles. The molecule has 0 saturated carbocycles. The highest BCUT2D eigenvalue weighted by atomic mass is 32.2. The monoisotopic (exact) mass is 336 g/mol. The van der Waals surface area contributed by atoms with E-state index in [0.29, 0.717) is 18.9 Å². The van der Waals surface area contributed by atoms with E-state index in [1.807, 2.05) is 6.92 Å². The summed E-state index contributed by atoms with van der Waals surface area (Å²) < 4.78 is 34.3. The molecule has 0 unspecified atom stereocenters. The van der Waals surface area contributed by atoms with E-state index in [1.54, 1.807) is 42.9 Å². The minimum absolute atomic E-state index is 0.168. The van der Waals surface area contributed by atoms with Gasteiger partial charge in [-0.05, 0) is 38.3 Å². The summed E-state index contributed by atoms with van der Waals surface area (Å²) in [7, 11) is -3.66. The quantitative estimate of drug-likeness (QED) is 0.517. The van der Waals surface area contributed by atoms with Gasteiger partial charge in [0.1, 0.15) is 0 Å². The van der Waals surface area contributed by atoms with Gasteiger partial charge in [0.15, 0.2) is 0 Å². The van der Waals surface area contributed by atoms with Gasteiger partial charge in [-0.25, -0.2) is 4.98 Å². The first-order valence-corrected chi connectivity index (χ1v) is 8.84. The average molecular weight is 336 g/mol. The van der Waals surface area contributed by atoms with E-state index in [9.17, 15) is 8.42 Å². The molecule has 7 heteroatoms. The molecule has 0 aliphatic rings. The number of hydrogen-bond acceptors (Lipinski definition) is 6. The van der Waals surface area contributed by atoms with Crippen LogP contribution in [0.5, 0.6) is 5.88 Å². The third kappa shape index (κ3) is 5.96. The summed E-state index contributed by atoms with van der Waals surface area (Å²) in [5.41, 5.74) is 1.01. The number of hydrogen-bond donors (Lipinski definition) is 0. The molecule has 0 radical (unpaired) electrons. The van der Waals surface area contributed by atoms with Gasteiger partial charge in [-0.2, -0.15) is 8.42 Å². The first-order valence-electron chi connectivity index (χ1n) is 7.43. The number of aromatic nitrogens is 2. The van der Waals surface area contributed by atoms with Crippen molar-refractivity contribution in [3.05, 3.63) is 48.4 Å². The molecule has 0 fully saturated rings. The van der Waals surface area contributed by atoms with E-state index in [4.69, 9.17) is 8.92 Å². The van der Waals surface area contributed by atoms with Gasteiger partial charge in [0, 0.05) is 12.4 Å². The van der Waals surface area contributed by atoms with Gasteiger partial charge < -0.3 is 4.74 Å². The lowest BCUT2D eigenvalue weighted by molar-refractivity contribution is 0.275. The summed E-state index contributed by atoms with van der Waals surface area (Å²) in [6.07, 6.45) is 6.96. The summed E-state index contributed by atoms with van der Waals surface area (Å²) >= 11 is 0. The van der Waals surface area contributed by atoms with Crippen molar-refractivity contribution in [3.8, 4) is 5.88 Å². The van der Waals surface area contributed by atoms with Gasteiger partial charge in [-0.15, -0.1) is 0 Å². The van der Waals surface area contributed by atoms with Crippen molar-refractivity contribution >= 4 is 10.1 Å². The van der Waals surface area contributed by atoms with Crippen LogP contribution in [0.3, 0.4) is 0 Å². The lowest BCUT2D eigenvalue weighted by atomic mass is 10.2. The van der Waals surface area contributed by atoms with E-state index < -0.39 is 10.1 Å². The first kappa shape index (κ1) is 17.4. The molecule has 2 aromatic rings. The Balaban J connectivity index is 1.62. The summed E-state index contributed by atoms with van der Waals surface area (Å²) in [5, 5.41) is 0. The fraction of sp³-hybridized carbons (Fsp3) is 0.375. The molecule has 2 rings (SSSR count). The van der Waals surface area contributed by atoms with Crippen LogP contribution in [0.2, 0.25) is 0 Å². The minimum Gasteiger partial charge on any atom is -0.477 e. The summed E-state index contributed by atoms with van der Waals surface area (Å²) in [6.45, 7) is 2.59. The van der Waals surface area contributed by atoms with Crippen molar-refractivity contribution in [2.24, 2.45) is 0 Å². The van der Waals surface area contributed by atoms with Gasteiger partial charge in [0.05, 0.1) is 24.3 Å². The highest BCUT2D eigenvalue weighted by Crippen LogP contribution is 2.14. The van der Waals surface area contributed by atoms with E-state index in [2.05, 4.69) is 9.97 Å². The second-order valence-electron chi connectivity index (χ2n) is 5.04. The Morgan fingerprint density at radius 1 is 1.00 bits per heavy atom. The molecule has 0 amide bonds. The molecule has 1 aromatic heterocycles. The fourth-order valence-electron chi connectivity index (χ4n) is 1.86. The molecule has 1 heterocycles. The maximum absolute atomic E-state index is 12.0. The molecular weight excluding hydrogens is 316 g/mol. The molecule has 23 heavy (non-hydrogen) atoms. The van der Waals surface area contributed by atoms with Crippen molar-refractivity contribution in [2.75, 3.05) is 13.2 Å². The number of ether oxygens (including phenoxy) is 1. The average Bonchev–Trinajstić information content (AvgIpc) is 2.55. The Labute approximate surface area is 136 Å². The summed E-state index contributed by atoms with van der Waals surface area (Å²) in [6, 6.07) is 6.61. The van der Waals surface area contributed by atoms with Crippen LogP contribution in [-0.2, 0) is 14.3 Å². The Hall–Kier alpha value is -1.99. The normalized spacial score (nSPS) is 11.3. The van der Waals surface area contributed by atoms with Gasteiger partial charge in [0.25, 0.3) is 10.1 Å². The second-order valence-corrected chi connectivity index (χ2v) is 6.66. The van der Waals surface area contributed by atoms with Crippen molar-refractivity contribution in [1.82, 2.24) is 9.97 Å². The SMILES string of the molecule is Cc1ccc(S(=O)(=O)OCCCCCOc2cnccn2)cc1. The van der Waals surface area contributed by atoms with Crippen LogP contribution >= 0.6 is 0 Å². The van der Waals surface area contributed by atoms with Crippen LogP contribution in [0.1, 0.15) is 24.8 Å². The van der Waals surface area contributed by atoms with Gasteiger partial charge in [0.2, 0.25) is 5.88 Å². The van der Waals surface area contributed by atoms with Crippen molar-refractivity contribution in [1.29, 1.82) is 0 Å². The highest BCUT2D eigenvalue weighted by molar-refractivity contribution is 7.86. The largest absolute Gasteiger partial charge is 0.477 e. The van der Waals surface area contributed by atoms with Crippen LogP contribution < -0.4 is 4.74 Å². The maximum Gasteiger partial charge on any atom is 0.296 e. The number of aryl methyl sites for hydroxylation is 1. The van der Waals surface area contributed by atoms with Gasteiger partial charge in [-0.3, -0.25) is 9.17 Å². The second kappa shape index (κ2) is 8.59. The Morgan fingerprint density at radius 3 is 2.43 bits per heavy atom. The van der Waals surface area contributed by atoms with Crippen LogP contribution in [0.15, 0.2) is 47.8 Å². The predicted octanol–water partition coefficient (Wildman–Crippen LogP) is 2.74. The topological polar surface area (TPSA) is 78.4 Å². The smallest absolute Gasteiger partial charge is 0.296 e. The summed E-state index contributed by atoms with van der Waals surface area (Å²) in [4.78, 5) is 8.09. The number of benzene rings is 1. The Kier molecular flexibility index (Phi) is 6.49. The number of nitrogens with zero attached hydrogens (tertiary/aromatic N) is 2. The van der Waals surface area contributed by atoms with Crippen LogP contribution in [-0.4, -0.2) is 31.6 Å². The minimum atomic E-state index is -3.66. The predicted molar refractivity (Wildman–Crippen MR) is 85.7 cm³/mol. The van der Waals surface area contributed by atoms with Gasteiger partial charge in [-0.1, -0.05) is 17.7 Å². The molecule has 0 spiro atoms. The molecule has 0 atom stereocenters. The Morgan fingerprint density at radius 2 is 1.74 bits per heavy atom. The zero-order valence-electron chi connectivity index (χ0n) is 13.0. The van der Waals surface area contributed by atoms with Crippen molar-refractivity contribution in [3.63, 3.8) is 0 Å². The molecule has 124 valence electrons. The van der Waals surface area contributed by atoms with Gasteiger partial charge >= 0.3 is 0 Å².